The summed E-state index contributed by atoms with van der Waals surface area (Å²) in [5, 5.41) is 27.4. The van der Waals surface area contributed by atoms with Crippen LogP contribution >= 0.6 is 0 Å². The number of fused-ring (bicyclic) bond motifs is 2. The highest BCUT2D eigenvalue weighted by Gasteiger charge is 2.31. The Morgan fingerprint density at radius 2 is 2.12 bits per heavy atom. The maximum absolute atomic E-state index is 14.0. The van der Waals surface area contributed by atoms with Gasteiger partial charge in [-0.25, -0.2) is 9.37 Å². The smallest absolute Gasteiger partial charge is 0.321 e. The van der Waals surface area contributed by atoms with Gasteiger partial charge in [0.2, 0.25) is 0 Å². The summed E-state index contributed by atoms with van der Waals surface area (Å²) in [6.45, 7) is 2.42. The van der Waals surface area contributed by atoms with Gasteiger partial charge in [0.05, 0.1) is 16.9 Å². The van der Waals surface area contributed by atoms with Crippen molar-refractivity contribution in [2.24, 2.45) is 0 Å². The van der Waals surface area contributed by atoms with Crippen molar-refractivity contribution in [2.45, 2.75) is 32.4 Å². The van der Waals surface area contributed by atoms with Crippen molar-refractivity contribution < 1.29 is 19.4 Å². The van der Waals surface area contributed by atoms with E-state index in [9.17, 15) is 19.4 Å². The maximum Gasteiger partial charge on any atom is 0.321 e. The summed E-state index contributed by atoms with van der Waals surface area (Å²) in [5.74, 6) is -1.29. The van der Waals surface area contributed by atoms with E-state index in [-0.39, 0.29) is 5.75 Å². The van der Waals surface area contributed by atoms with E-state index in [1.807, 2.05) is 25.1 Å². The molecule has 9 heteroatoms. The number of halogens is 1. The standard InChI is InChI=1S/C23H22FN5O3/c1-3-11-7-20(30)15(24)8-14(11)12-4-5-13-16(6-12)27-28-21(13)22-25-17-9-19(23(31)32)29(2)10-18(17)26-22/h4-8,19,30H,3,9-10H2,1-2H3,(H,25,26)(H,27,28)(H,31,32). The topological polar surface area (TPSA) is 118 Å². The number of hydrogen-bond donors (Lipinski definition) is 4. The maximum atomic E-state index is 14.0. The lowest BCUT2D eigenvalue weighted by Crippen LogP contribution is -2.43. The van der Waals surface area contributed by atoms with Crippen molar-refractivity contribution in [2.75, 3.05) is 7.05 Å². The minimum atomic E-state index is -0.863. The van der Waals surface area contributed by atoms with E-state index in [0.29, 0.717) is 30.9 Å². The molecular weight excluding hydrogens is 413 g/mol. The number of rotatable bonds is 4. The van der Waals surface area contributed by atoms with Crippen molar-refractivity contribution in [3.8, 4) is 28.4 Å². The molecule has 32 heavy (non-hydrogen) atoms. The number of benzene rings is 2. The molecule has 0 spiro atoms. The Balaban J connectivity index is 1.54. The number of carbonyl (C=O) groups is 1. The highest BCUT2D eigenvalue weighted by molar-refractivity contribution is 5.94. The van der Waals surface area contributed by atoms with Gasteiger partial charge in [-0.15, -0.1) is 0 Å². The average molecular weight is 435 g/mol. The third kappa shape index (κ3) is 3.21. The molecule has 0 saturated heterocycles. The first kappa shape index (κ1) is 20.2. The van der Waals surface area contributed by atoms with Crippen LogP contribution in [0.25, 0.3) is 33.5 Å². The zero-order valence-corrected chi connectivity index (χ0v) is 17.6. The lowest BCUT2D eigenvalue weighted by molar-refractivity contribution is -0.143. The molecule has 3 heterocycles. The second-order valence-corrected chi connectivity index (χ2v) is 8.13. The molecule has 0 amide bonds. The predicted octanol–water partition coefficient (Wildman–Crippen LogP) is 3.47. The second kappa shape index (κ2) is 7.45. The van der Waals surface area contributed by atoms with Gasteiger partial charge in [-0.05, 0) is 54.4 Å². The molecule has 1 atom stereocenters. The van der Waals surface area contributed by atoms with Crippen LogP contribution < -0.4 is 0 Å². The molecule has 1 unspecified atom stereocenters. The number of aromatic amines is 2. The highest BCUT2D eigenvalue weighted by Crippen LogP contribution is 2.34. The molecule has 0 bridgehead atoms. The van der Waals surface area contributed by atoms with Gasteiger partial charge >= 0.3 is 5.97 Å². The molecule has 164 valence electrons. The number of phenols is 1. The van der Waals surface area contributed by atoms with Crippen molar-refractivity contribution in [3.05, 3.63) is 53.1 Å². The molecule has 1 aliphatic heterocycles. The molecule has 0 fully saturated rings. The Morgan fingerprint density at radius 1 is 1.31 bits per heavy atom. The van der Waals surface area contributed by atoms with Gasteiger partial charge in [0.15, 0.2) is 17.4 Å². The van der Waals surface area contributed by atoms with E-state index in [2.05, 4.69) is 20.2 Å². The molecule has 1 aliphatic rings. The number of aromatic hydroxyl groups is 1. The number of nitrogens with zero attached hydrogens (tertiary/aromatic N) is 3. The molecule has 2 aromatic heterocycles. The van der Waals surface area contributed by atoms with Gasteiger partial charge in [0.25, 0.3) is 0 Å². The summed E-state index contributed by atoms with van der Waals surface area (Å²) in [4.78, 5) is 21.2. The van der Waals surface area contributed by atoms with E-state index in [4.69, 9.17) is 0 Å². The lowest BCUT2D eigenvalue weighted by Gasteiger charge is -2.28. The summed E-state index contributed by atoms with van der Waals surface area (Å²) in [5.41, 5.74) is 5.42. The zero-order valence-electron chi connectivity index (χ0n) is 17.6. The van der Waals surface area contributed by atoms with E-state index in [0.717, 1.165) is 39.0 Å². The minimum Gasteiger partial charge on any atom is -0.505 e. The summed E-state index contributed by atoms with van der Waals surface area (Å²) in [6, 6.07) is 7.90. The van der Waals surface area contributed by atoms with Crippen LogP contribution in [0.15, 0.2) is 30.3 Å². The summed E-state index contributed by atoms with van der Waals surface area (Å²) in [7, 11) is 1.78. The monoisotopic (exact) mass is 435 g/mol. The SMILES string of the molecule is CCc1cc(O)c(F)cc1-c1ccc2c(-c3nc4c([nH]3)CN(C)C(C(=O)O)C4)n[nH]c2c1. The zero-order chi connectivity index (χ0) is 22.6. The first-order valence-corrected chi connectivity index (χ1v) is 10.4. The molecule has 4 N–H and O–H groups in total. The van der Waals surface area contributed by atoms with Gasteiger partial charge in [0.1, 0.15) is 11.7 Å². The van der Waals surface area contributed by atoms with E-state index >= 15 is 0 Å². The van der Waals surface area contributed by atoms with Gasteiger partial charge in [-0.3, -0.25) is 14.8 Å². The molecular formula is C23H22FN5O3. The highest BCUT2D eigenvalue weighted by atomic mass is 19.1. The number of aryl methyl sites for hydroxylation is 1. The summed E-state index contributed by atoms with van der Waals surface area (Å²) < 4.78 is 14.0. The molecule has 0 saturated carbocycles. The summed E-state index contributed by atoms with van der Waals surface area (Å²) >= 11 is 0. The molecule has 0 radical (unpaired) electrons. The van der Waals surface area contributed by atoms with Gasteiger partial charge in [-0.2, -0.15) is 5.10 Å². The van der Waals surface area contributed by atoms with Crippen LogP contribution in [0.2, 0.25) is 0 Å². The van der Waals surface area contributed by atoms with Gasteiger partial charge < -0.3 is 15.2 Å². The van der Waals surface area contributed by atoms with Crippen LogP contribution in [0.5, 0.6) is 5.75 Å². The number of aliphatic carboxylic acids is 1. The molecule has 2 aromatic carbocycles. The molecule has 0 aliphatic carbocycles. The average Bonchev–Trinajstić information content (AvgIpc) is 3.37. The van der Waals surface area contributed by atoms with E-state index in [1.165, 1.54) is 12.1 Å². The van der Waals surface area contributed by atoms with Gasteiger partial charge in [-0.1, -0.05) is 13.0 Å². The number of aromatic nitrogens is 4. The summed E-state index contributed by atoms with van der Waals surface area (Å²) in [6.07, 6.45) is 0.982. The predicted molar refractivity (Wildman–Crippen MR) is 117 cm³/mol. The number of hydrogen-bond acceptors (Lipinski definition) is 5. The quantitative estimate of drug-likeness (QED) is 0.390. The van der Waals surface area contributed by atoms with Crippen LogP contribution in [0.4, 0.5) is 4.39 Å². The fraction of sp³-hybridized carbons (Fsp3) is 0.261. The van der Waals surface area contributed by atoms with Crippen molar-refractivity contribution in [3.63, 3.8) is 0 Å². The van der Waals surface area contributed by atoms with Crippen molar-refractivity contribution >= 4 is 16.9 Å². The van der Waals surface area contributed by atoms with Crippen molar-refractivity contribution in [1.82, 2.24) is 25.1 Å². The second-order valence-electron chi connectivity index (χ2n) is 8.13. The van der Waals surface area contributed by atoms with Crippen molar-refractivity contribution in [1.29, 1.82) is 0 Å². The van der Waals surface area contributed by atoms with Gasteiger partial charge in [0, 0.05) is 18.4 Å². The van der Waals surface area contributed by atoms with E-state index < -0.39 is 17.8 Å². The Labute approximate surface area is 182 Å². The Bertz CT molecular complexity index is 1360. The Morgan fingerprint density at radius 3 is 2.88 bits per heavy atom. The van der Waals surface area contributed by atoms with E-state index in [1.54, 1.807) is 11.9 Å². The number of carboxylic acids is 1. The number of phenolic OH excluding ortho intramolecular Hbond substituents is 1. The Kier molecular flexibility index (Phi) is 4.70. The molecule has 8 nitrogen and oxygen atoms in total. The minimum absolute atomic E-state index is 0.330. The Hall–Kier alpha value is -3.72. The number of nitrogens with one attached hydrogen (secondary N) is 2. The first-order chi connectivity index (χ1) is 15.4. The fourth-order valence-electron chi connectivity index (χ4n) is 4.37. The largest absolute Gasteiger partial charge is 0.505 e. The third-order valence-corrected chi connectivity index (χ3v) is 6.13. The lowest BCUT2D eigenvalue weighted by atomic mass is 9.96. The van der Waals surface area contributed by atoms with Crippen LogP contribution in [0.1, 0.15) is 23.9 Å². The van der Waals surface area contributed by atoms with Crippen LogP contribution in [0, 0.1) is 5.82 Å². The number of carboxylic acid groups (broad SMARTS) is 1. The normalized spacial score (nSPS) is 16.4. The number of H-pyrrole nitrogens is 2. The van der Waals surface area contributed by atoms with Crippen LogP contribution in [-0.2, 0) is 24.2 Å². The molecule has 5 rings (SSSR count). The third-order valence-electron chi connectivity index (χ3n) is 6.13. The molecule has 4 aromatic rings. The van der Waals surface area contributed by atoms with Crippen LogP contribution in [-0.4, -0.2) is 54.3 Å². The van der Waals surface area contributed by atoms with Crippen LogP contribution in [0.3, 0.4) is 0 Å². The number of likely N-dealkylation sites (N-methyl/N-ethyl adjacent to an activating group) is 1. The first-order valence-electron chi connectivity index (χ1n) is 10.4. The number of imidazole rings is 1. The fourth-order valence-corrected chi connectivity index (χ4v) is 4.37.